The monoisotopic (exact) mass is 273 g/mol. The van der Waals surface area contributed by atoms with Gasteiger partial charge in [-0.1, -0.05) is 13.3 Å². The first kappa shape index (κ1) is 12.5. The molecule has 0 radical (unpaired) electrons. The van der Waals surface area contributed by atoms with Crippen LogP contribution in [0.25, 0.3) is 0 Å². The summed E-state index contributed by atoms with van der Waals surface area (Å²) in [6.45, 7) is 6.21. The molecule has 1 aromatic carbocycles. The van der Waals surface area contributed by atoms with Crippen molar-refractivity contribution in [2.45, 2.75) is 39.7 Å². The molecular formula is C12H17BrFN. The van der Waals surface area contributed by atoms with Crippen molar-refractivity contribution in [2.75, 3.05) is 5.32 Å². The number of anilines is 1. The van der Waals surface area contributed by atoms with Gasteiger partial charge in [-0.25, -0.2) is 4.39 Å². The zero-order chi connectivity index (χ0) is 11.4. The van der Waals surface area contributed by atoms with Crippen LogP contribution >= 0.6 is 15.9 Å². The van der Waals surface area contributed by atoms with E-state index in [0.29, 0.717) is 10.5 Å². The highest BCUT2D eigenvalue weighted by atomic mass is 79.9. The molecule has 3 heteroatoms. The van der Waals surface area contributed by atoms with Crippen molar-refractivity contribution < 1.29 is 4.39 Å². The lowest BCUT2D eigenvalue weighted by Crippen LogP contribution is -2.15. The van der Waals surface area contributed by atoms with Gasteiger partial charge in [-0.3, -0.25) is 0 Å². The molecule has 0 aliphatic rings. The maximum atomic E-state index is 13.2. The van der Waals surface area contributed by atoms with E-state index in [2.05, 4.69) is 35.1 Å². The molecule has 1 rings (SSSR count). The van der Waals surface area contributed by atoms with Crippen molar-refractivity contribution in [3.63, 3.8) is 0 Å². The molecule has 0 fully saturated rings. The Morgan fingerprint density at radius 3 is 2.73 bits per heavy atom. The fourth-order valence-electron chi connectivity index (χ4n) is 1.57. The van der Waals surface area contributed by atoms with E-state index in [-0.39, 0.29) is 5.82 Å². The summed E-state index contributed by atoms with van der Waals surface area (Å²) >= 11 is 3.19. The molecule has 15 heavy (non-hydrogen) atoms. The Balaban J connectivity index is 2.81. The molecule has 0 aromatic heterocycles. The van der Waals surface area contributed by atoms with E-state index in [4.69, 9.17) is 0 Å². The van der Waals surface area contributed by atoms with Crippen LogP contribution in [0.3, 0.4) is 0 Å². The summed E-state index contributed by atoms with van der Waals surface area (Å²) in [7, 11) is 0. The molecule has 0 saturated carbocycles. The zero-order valence-electron chi connectivity index (χ0n) is 9.40. The molecule has 0 saturated heterocycles. The Kier molecular flexibility index (Phi) is 4.58. The minimum Gasteiger partial charge on any atom is -0.382 e. The van der Waals surface area contributed by atoms with E-state index in [0.717, 1.165) is 24.1 Å². The summed E-state index contributed by atoms with van der Waals surface area (Å²) in [6, 6.07) is 3.77. The smallest absolute Gasteiger partial charge is 0.137 e. The highest BCUT2D eigenvalue weighted by molar-refractivity contribution is 9.10. The Hall–Kier alpha value is -0.570. The lowest BCUT2D eigenvalue weighted by atomic mass is 10.1. The number of hydrogen-bond acceptors (Lipinski definition) is 1. The van der Waals surface area contributed by atoms with Crippen molar-refractivity contribution in [3.8, 4) is 0 Å². The van der Waals surface area contributed by atoms with Gasteiger partial charge >= 0.3 is 0 Å². The molecule has 0 amide bonds. The zero-order valence-corrected chi connectivity index (χ0v) is 11.0. The first-order valence-corrected chi connectivity index (χ1v) is 6.06. The molecular weight excluding hydrogens is 257 g/mol. The largest absolute Gasteiger partial charge is 0.382 e. The molecule has 1 unspecified atom stereocenters. The summed E-state index contributed by atoms with van der Waals surface area (Å²) in [5.41, 5.74) is 1.95. The molecule has 0 aliphatic carbocycles. The molecule has 1 atom stereocenters. The average molecular weight is 274 g/mol. The molecule has 0 spiro atoms. The number of rotatable bonds is 4. The van der Waals surface area contributed by atoms with E-state index in [9.17, 15) is 4.39 Å². The van der Waals surface area contributed by atoms with Gasteiger partial charge in [-0.05, 0) is 53.9 Å². The van der Waals surface area contributed by atoms with Crippen LogP contribution in [0.5, 0.6) is 0 Å². The van der Waals surface area contributed by atoms with E-state index in [1.807, 2.05) is 6.92 Å². The molecule has 1 nitrogen and oxygen atoms in total. The van der Waals surface area contributed by atoms with Crippen LogP contribution in [0, 0.1) is 12.7 Å². The number of aryl methyl sites for hydroxylation is 1. The van der Waals surface area contributed by atoms with Gasteiger partial charge in [0.25, 0.3) is 0 Å². The van der Waals surface area contributed by atoms with Crippen molar-refractivity contribution in [1.82, 2.24) is 0 Å². The summed E-state index contributed by atoms with van der Waals surface area (Å²) < 4.78 is 13.7. The topological polar surface area (TPSA) is 12.0 Å². The number of halogens is 2. The third-order valence-electron chi connectivity index (χ3n) is 2.39. The lowest BCUT2D eigenvalue weighted by molar-refractivity contribution is 0.619. The van der Waals surface area contributed by atoms with E-state index < -0.39 is 0 Å². The van der Waals surface area contributed by atoms with Gasteiger partial charge in [-0.15, -0.1) is 0 Å². The summed E-state index contributed by atoms with van der Waals surface area (Å²) in [5, 5.41) is 3.38. The van der Waals surface area contributed by atoms with Crippen molar-refractivity contribution in [3.05, 3.63) is 28.0 Å². The highest BCUT2D eigenvalue weighted by Gasteiger charge is 2.07. The molecule has 0 bridgehead atoms. The molecule has 1 N–H and O–H groups in total. The Bertz CT molecular complexity index is 339. The minimum absolute atomic E-state index is 0.207. The molecule has 0 aliphatic heterocycles. The molecule has 84 valence electrons. The van der Waals surface area contributed by atoms with E-state index >= 15 is 0 Å². The lowest BCUT2D eigenvalue weighted by Gasteiger charge is -2.16. The van der Waals surface area contributed by atoms with Crippen LogP contribution in [0.2, 0.25) is 0 Å². The van der Waals surface area contributed by atoms with Gasteiger partial charge in [0.1, 0.15) is 5.82 Å². The minimum atomic E-state index is -0.207. The summed E-state index contributed by atoms with van der Waals surface area (Å²) in [5.74, 6) is -0.207. The predicted molar refractivity (Wildman–Crippen MR) is 66.8 cm³/mol. The SMILES string of the molecule is CCCC(C)Nc1cc(Br)c(F)cc1C. The summed E-state index contributed by atoms with van der Waals surface area (Å²) in [4.78, 5) is 0. The number of nitrogens with one attached hydrogen (secondary N) is 1. The number of benzene rings is 1. The fourth-order valence-corrected chi connectivity index (χ4v) is 1.92. The van der Waals surface area contributed by atoms with Gasteiger partial charge in [0, 0.05) is 11.7 Å². The first-order valence-electron chi connectivity index (χ1n) is 5.26. The average Bonchev–Trinajstić information content (AvgIpc) is 2.14. The molecule has 0 heterocycles. The molecule has 1 aromatic rings. The van der Waals surface area contributed by atoms with Crippen molar-refractivity contribution in [2.24, 2.45) is 0 Å². The van der Waals surface area contributed by atoms with Gasteiger partial charge in [0.2, 0.25) is 0 Å². The second-order valence-corrected chi connectivity index (χ2v) is 4.77. The second kappa shape index (κ2) is 5.50. The van der Waals surface area contributed by atoms with Crippen LogP contribution in [0.1, 0.15) is 32.3 Å². The third-order valence-corrected chi connectivity index (χ3v) is 3.00. The second-order valence-electron chi connectivity index (χ2n) is 3.92. The summed E-state index contributed by atoms with van der Waals surface area (Å²) in [6.07, 6.45) is 2.27. The fraction of sp³-hybridized carbons (Fsp3) is 0.500. The quantitative estimate of drug-likeness (QED) is 0.852. The van der Waals surface area contributed by atoms with Gasteiger partial charge in [-0.2, -0.15) is 0 Å². The van der Waals surface area contributed by atoms with Crippen molar-refractivity contribution in [1.29, 1.82) is 0 Å². The highest BCUT2D eigenvalue weighted by Crippen LogP contribution is 2.25. The van der Waals surface area contributed by atoms with Crippen LogP contribution in [-0.2, 0) is 0 Å². The Labute approximate surface area is 99.2 Å². The van der Waals surface area contributed by atoms with Crippen LogP contribution < -0.4 is 5.32 Å². The normalized spacial score (nSPS) is 12.6. The van der Waals surface area contributed by atoms with Crippen LogP contribution in [-0.4, -0.2) is 6.04 Å². The van der Waals surface area contributed by atoms with Crippen molar-refractivity contribution >= 4 is 21.6 Å². The van der Waals surface area contributed by atoms with Gasteiger partial charge < -0.3 is 5.32 Å². The maximum Gasteiger partial charge on any atom is 0.137 e. The predicted octanol–water partition coefficient (Wildman–Crippen LogP) is 4.50. The van der Waals surface area contributed by atoms with Crippen LogP contribution in [0.4, 0.5) is 10.1 Å². The van der Waals surface area contributed by atoms with E-state index in [1.54, 1.807) is 12.1 Å². The third kappa shape index (κ3) is 3.49. The van der Waals surface area contributed by atoms with Crippen LogP contribution in [0.15, 0.2) is 16.6 Å². The number of hydrogen-bond donors (Lipinski definition) is 1. The Morgan fingerprint density at radius 2 is 2.13 bits per heavy atom. The van der Waals surface area contributed by atoms with E-state index in [1.165, 1.54) is 0 Å². The van der Waals surface area contributed by atoms with Gasteiger partial charge in [0.05, 0.1) is 4.47 Å². The standard InChI is InChI=1S/C12H17BrFN/c1-4-5-9(3)15-12-7-10(13)11(14)6-8(12)2/h6-7,9,15H,4-5H2,1-3H3. The maximum absolute atomic E-state index is 13.2. The van der Waals surface area contributed by atoms with Gasteiger partial charge in [0.15, 0.2) is 0 Å². The Morgan fingerprint density at radius 1 is 1.47 bits per heavy atom. The first-order chi connectivity index (χ1) is 7.04.